The molecule has 0 saturated carbocycles. The maximum Gasteiger partial charge on any atom is 0.322 e. The predicted molar refractivity (Wildman–Crippen MR) is 128 cm³/mol. The van der Waals surface area contributed by atoms with Gasteiger partial charge in [-0.05, 0) is 67.8 Å². The monoisotopic (exact) mass is 451 g/mol. The summed E-state index contributed by atoms with van der Waals surface area (Å²) in [5, 5.41) is 8.00. The molecule has 1 aliphatic heterocycles. The lowest BCUT2D eigenvalue weighted by Gasteiger charge is -2.35. The largest absolute Gasteiger partial charge is 0.352 e. The SMILES string of the molecule is Cc1ccc(NC(=O)N2CCN(c3ccc(=O)n(-c4ccc(C)c(C)c4)n3)CC2)c(Cl)c1. The average molecular weight is 452 g/mol. The number of urea groups is 1. The Morgan fingerprint density at radius 1 is 0.938 bits per heavy atom. The third kappa shape index (κ3) is 4.62. The van der Waals surface area contributed by atoms with Crippen LogP contribution in [0.5, 0.6) is 0 Å². The molecule has 2 aromatic carbocycles. The Hall–Kier alpha value is -3.32. The van der Waals surface area contributed by atoms with E-state index >= 15 is 0 Å². The van der Waals surface area contributed by atoms with Crippen molar-refractivity contribution >= 4 is 29.1 Å². The number of carbonyl (C=O) groups is 1. The quantitative estimate of drug-likeness (QED) is 0.649. The summed E-state index contributed by atoms with van der Waals surface area (Å²) in [6, 6.07) is 14.5. The van der Waals surface area contributed by atoms with E-state index in [1.54, 1.807) is 11.0 Å². The number of aromatic nitrogens is 2. The van der Waals surface area contributed by atoms with Crippen LogP contribution in [0.15, 0.2) is 53.3 Å². The van der Waals surface area contributed by atoms with Crippen molar-refractivity contribution in [2.45, 2.75) is 20.8 Å². The molecule has 3 aromatic rings. The second kappa shape index (κ2) is 9.04. The normalized spacial score (nSPS) is 13.9. The van der Waals surface area contributed by atoms with Crippen LogP contribution in [0.1, 0.15) is 16.7 Å². The molecule has 32 heavy (non-hydrogen) atoms. The van der Waals surface area contributed by atoms with Gasteiger partial charge in [0.15, 0.2) is 0 Å². The molecule has 1 aromatic heterocycles. The summed E-state index contributed by atoms with van der Waals surface area (Å²) in [6.07, 6.45) is 0. The van der Waals surface area contributed by atoms with E-state index in [2.05, 4.69) is 15.3 Å². The number of carbonyl (C=O) groups excluding carboxylic acids is 1. The Balaban J connectivity index is 1.44. The molecule has 1 fully saturated rings. The van der Waals surface area contributed by atoms with E-state index < -0.39 is 0 Å². The first-order valence-electron chi connectivity index (χ1n) is 10.6. The number of hydrogen-bond donors (Lipinski definition) is 1. The second-order valence-electron chi connectivity index (χ2n) is 8.10. The average Bonchev–Trinajstić information content (AvgIpc) is 2.78. The Morgan fingerprint density at radius 2 is 1.69 bits per heavy atom. The lowest BCUT2D eigenvalue weighted by Crippen LogP contribution is -2.50. The molecule has 0 aliphatic carbocycles. The number of anilines is 2. The molecule has 7 nitrogen and oxygen atoms in total. The van der Waals surface area contributed by atoms with Crippen LogP contribution >= 0.6 is 11.6 Å². The maximum atomic E-state index is 12.7. The highest BCUT2D eigenvalue weighted by Gasteiger charge is 2.23. The Bertz CT molecular complexity index is 1220. The van der Waals surface area contributed by atoms with Crippen molar-refractivity contribution in [1.29, 1.82) is 0 Å². The topological polar surface area (TPSA) is 70.5 Å². The van der Waals surface area contributed by atoms with Gasteiger partial charge in [-0.25, -0.2) is 4.79 Å². The fourth-order valence-corrected chi connectivity index (χ4v) is 3.95. The van der Waals surface area contributed by atoms with Crippen LogP contribution in [0.3, 0.4) is 0 Å². The zero-order valence-electron chi connectivity index (χ0n) is 18.4. The molecule has 0 atom stereocenters. The standard InChI is InChI=1S/C24H26ClN5O2/c1-16-4-7-21(20(25)14-16)26-24(32)29-12-10-28(11-13-29)22-8-9-23(31)30(27-22)19-6-5-17(2)18(3)15-19/h4-9,14-15H,10-13H2,1-3H3,(H,26,32). The molecule has 0 spiro atoms. The van der Waals surface area contributed by atoms with Gasteiger partial charge in [0.2, 0.25) is 0 Å². The fourth-order valence-electron chi connectivity index (χ4n) is 3.67. The van der Waals surface area contributed by atoms with Gasteiger partial charge in [0, 0.05) is 32.2 Å². The van der Waals surface area contributed by atoms with Crippen molar-refractivity contribution in [2.24, 2.45) is 0 Å². The molecule has 1 N–H and O–H groups in total. The zero-order chi connectivity index (χ0) is 22.8. The molecular formula is C24H26ClN5O2. The van der Waals surface area contributed by atoms with Crippen LogP contribution in [0.25, 0.3) is 5.69 Å². The molecule has 0 bridgehead atoms. The van der Waals surface area contributed by atoms with Crippen LogP contribution in [-0.2, 0) is 0 Å². The van der Waals surface area contributed by atoms with E-state index in [1.165, 1.54) is 16.3 Å². The number of benzene rings is 2. The number of aryl methyl sites for hydroxylation is 3. The molecule has 0 radical (unpaired) electrons. The van der Waals surface area contributed by atoms with Crippen molar-refractivity contribution in [3.05, 3.63) is 80.6 Å². The van der Waals surface area contributed by atoms with Crippen LogP contribution in [-0.4, -0.2) is 46.9 Å². The lowest BCUT2D eigenvalue weighted by molar-refractivity contribution is 0.208. The van der Waals surface area contributed by atoms with Crippen molar-refractivity contribution in [3.63, 3.8) is 0 Å². The first kappa shape index (κ1) is 21.9. The summed E-state index contributed by atoms with van der Waals surface area (Å²) in [7, 11) is 0. The van der Waals surface area contributed by atoms with Crippen molar-refractivity contribution < 1.29 is 4.79 Å². The minimum atomic E-state index is -0.177. The van der Waals surface area contributed by atoms with Gasteiger partial charge in [-0.2, -0.15) is 4.68 Å². The van der Waals surface area contributed by atoms with Crippen LogP contribution in [0.2, 0.25) is 5.02 Å². The summed E-state index contributed by atoms with van der Waals surface area (Å²) >= 11 is 6.23. The minimum absolute atomic E-state index is 0.176. The number of amides is 2. The van der Waals surface area contributed by atoms with Gasteiger partial charge in [0.05, 0.1) is 16.4 Å². The van der Waals surface area contributed by atoms with Crippen LogP contribution in [0, 0.1) is 20.8 Å². The summed E-state index contributed by atoms with van der Waals surface area (Å²) in [4.78, 5) is 28.9. The molecule has 1 saturated heterocycles. The van der Waals surface area contributed by atoms with Crippen LogP contribution < -0.4 is 15.8 Å². The van der Waals surface area contributed by atoms with E-state index in [-0.39, 0.29) is 11.6 Å². The highest BCUT2D eigenvalue weighted by Crippen LogP contribution is 2.23. The summed E-state index contributed by atoms with van der Waals surface area (Å²) in [5.74, 6) is 0.712. The number of halogens is 1. The maximum absolute atomic E-state index is 12.7. The molecular weight excluding hydrogens is 426 g/mol. The Labute approximate surface area is 192 Å². The lowest BCUT2D eigenvalue weighted by atomic mass is 10.1. The van der Waals surface area contributed by atoms with E-state index in [4.69, 9.17) is 11.6 Å². The predicted octanol–water partition coefficient (Wildman–Crippen LogP) is 4.17. The van der Waals surface area contributed by atoms with Gasteiger partial charge in [0.1, 0.15) is 5.82 Å². The summed E-state index contributed by atoms with van der Waals surface area (Å²) in [5.41, 5.74) is 4.48. The second-order valence-corrected chi connectivity index (χ2v) is 8.50. The van der Waals surface area contributed by atoms with E-state index in [0.717, 1.165) is 16.8 Å². The fraction of sp³-hybridized carbons (Fsp3) is 0.292. The van der Waals surface area contributed by atoms with Gasteiger partial charge in [0.25, 0.3) is 5.56 Å². The molecule has 2 amide bonds. The third-order valence-corrected chi connectivity index (χ3v) is 6.09. The summed E-state index contributed by atoms with van der Waals surface area (Å²) < 4.78 is 1.43. The van der Waals surface area contributed by atoms with Gasteiger partial charge in [-0.15, -0.1) is 5.10 Å². The smallest absolute Gasteiger partial charge is 0.322 e. The van der Waals surface area contributed by atoms with Crippen molar-refractivity contribution in [3.8, 4) is 5.69 Å². The molecule has 1 aliphatic rings. The summed E-state index contributed by atoms with van der Waals surface area (Å²) in [6.45, 7) is 8.32. The number of hydrogen-bond acceptors (Lipinski definition) is 4. The first-order chi connectivity index (χ1) is 15.3. The number of nitrogens with one attached hydrogen (secondary N) is 1. The highest BCUT2D eigenvalue weighted by molar-refractivity contribution is 6.33. The Morgan fingerprint density at radius 3 is 2.38 bits per heavy atom. The number of rotatable bonds is 3. The van der Waals surface area contributed by atoms with E-state index in [1.807, 2.05) is 57.2 Å². The van der Waals surface area contributed by atoms with Gasteiger partial charge in [-0.1, -0.05) is 23.7 Å². The molecule has 8 heteroatoms. The first-order valence-corrected chi connectivity index (χ1v) is 10.9. The Kier molecular flexibility index (Phi) is 6.19. The van der Waals surface area contributed by atoms with Crippen molar-refractivity contribution in [1.82, 2.24) is 14.7 Å². The molecule has 0 unspecified atom stereocenters. The van der Waals surface area contributed by atoms with Gasteiger partial charge >= 0.3 is 6.03 Å². The molecule has 2 heterocycles. The number of piperazine rings is 1. The highest BCUT2D eigenvalue weighted by atomic mass is 35.5. The minimum Gasteiger partial charge on any atom is -0.352 e. The van der Waals surface area contributed by atoms with Gasteiger partial charge < -0.3 is 15.1 Å². The van der Waals surface area contributed by atoms with E-state index in [0.29, 0.717) is 42.7 Å². The third-order valence-electron chi connectivity index (χ3n) is 5.78. The molecule has 166 valence electrons. The number of nitrogens with zero attached hydrogens (tertiary/aromatic N) is 4. The van der Waals surface area contributed by atoms with E-state index in [9.17, 15) is 9.59 Å². The zero-order valence-corrected chi connectivity index (χ0v) is 19.2. The van der Waals surface area contributed by atoms with Crippen molar-refractivity contribution in [2.75, 3.05) is 36.4 Å². The molecule has 4 rings (SSSR count). The van der Waals surface area contributed by atoms with Crippen LogP contribution in [0.4, 0.5) is 16.3 Å². The van der Waals surface area contributed by atoms with Gasteiger partial charge in [-0.3, -0.25) is 4.79 Å².